The first kappa shape index (κ1) is 14.8. The molecule has 3 aromatic rings. The summed E-state index contributed by atoms with van der Waals surface area (Å²) in [7, 11) is 1.60. The number of carbonyl (C=O) groups is 1. The third-order valence-electron chi connectivity index (χ3n) is 2.62. The van der Waals surface area contributed by atoms with Gasteiger partial charge in [0, 0.05) is 0 Å². The predicted molar refractivity (Wildman–Crippen MR) is 84.0 cm³/mol. The number of aromatic carboxylic acids is 1. The lowest BCUT2D eigenvalue weighted by Gasteiger charge is -2.00. The molecule has 0 spiro atoms. The summed E-state index contributed by atoms with van der Waals surface area (Å²) < 4.78 is 5.83. The average Bonchev–Trinajstić information content (AvgIpc) is 2.93. The number of nitrogens with two attached hydrogens (primary N) is 1. The first-order valence-corrected chi connectivity index (χ1v) is 6.91. The molecule has 0 fully saturated rings. The Bertz CT molecular complexity index is 722. The number of hydrogen-bond donors (Lipinski definition) is 2. The Morgan fingerprint density at radius 2 is 1.86 bits per heavy atom. The number of fused-ring (bicyclic) bond motifs is 1. The van der Waals surface area contributed by atoms with Crippen molar-refractivity contribution in [1.82, 2.24) is 4.98 Å². The minimum atomic E-state index is -0.962. The number of aromatic nitrogens is 1. The number of anilines is 1. The average molecular weight is 302 g/mol. The zero-order chi connectivity index (χ0) is 15.2. The Morgan fingerprint density at radius 1 is 1.19 bits per heavy atom. The molecule has 0 atom stereocenters. The molecule has 5 nitrogen and oxygen atoms in total. The lowest BCUT2D eigenvalue weighted by Crippen LogP contribution is -1.93. The smallest absolute Gasteiger partial charge is 0.365 e. The molecule has 21 heavy (non-hydrogen) atoms. The molecule has 0 saturated heterocycles. The number of thiazole rings is 1. The minimum absolute atomic E-state index is 0.149. The summed E-state index contributed by atoms with van der Waals surface area (Å²) >= 11 is 1.19. The normalized spacial score (nSPS) is 9.76. The van der Waals surface area contributed by atoms with Crippen LogP contribution in [0.2, 0.25) is 0 Å². The highest BCUT2D eigenvalue weighted by molar-refractivity contribution is 7.20. The monoisotopic (exact) mass is 302 g/mol. The molecule has 3 rings (SSSR count). The van der Waals surface area contributed by atoms with Crippen molar-refractivity contribution in [2.75, 3.05) is 12.8 Å². The predicted octanol–water partition coefficient (Wildman–Crippen LogP) is 3.27. The van der Waals surface area contributed by atoms with Crippen LogP contribution < -0.4 is 10.5 Å². The molecule has 2 aromatic carbocycles. The van der Waals surface area contributed by atoms with Gasteiger partial charge in [0.2, 0.25) is 5.01 Å². The highest BCUT2D eigenvalue weighted by atomic mass is 32.1. The Morgan fingerprint density at radius 3 is 2.43 bits per heavy atom. The van der Waals surface area contributed by atoms with Crippen molar-refractivity contribution in [1.29, 1.82) is 0 Å². The standard InChI is InChI=1S/C8H5NO2S.C7H9NO/c10-8(11)7-9-5-3-1-2-4-6(5)12-7;1-9-7-5-3-2-4-6(7)8/h1-4H,(H,10,11);2-5H,8H2,1H3. The largest absolute Gasteiger partial charge is 0.495 e. The van der Waals surface area contributed by atoms with Crippen LogP contribution in [0.5, 0.6) is 5.75 Å². The zero-order valence-corrected chi connectivity index (χ0v) is 12.1. The van der Waals surface area contributed by atoms with Crippen LogP contribution in [0.4, 0.5) is 5.69 Å². The molecule has 0 radical (unpaired) electrons. The third-order valence-corrected chi connectivity index (χ3v) is 3.64. The summed E-state index contributed by atoms with van der Waals surface area (Å²) in [4.78, 5) is 14.4. The minimum Gasteiger partial charge on any atom is -0.495 e. The summed E-state index contributed by atoms with van der Waals surface area (Å²) in [6.07, 6.45) is 0. The van der Waals surface area contributed by atoms with Crippen molar-refractivity contribution in [3.63, 3.8) is 0 Å². The van der Waals surface area contributed by atoms with E-state index in [-0.39, 0.29) is 5.01 Å². The van der Waals surface area contributed by atoms with Crippen molar-refractivity contribution in [2.24, 2.45) is 0 Å². The van der Waals surface area contributed by atoms with E-state index in [1.807, 2.05) is 36.4 Å². The molecule has 1 aromatic heterocycles. The van der Waals surface area contributed by atoms with Crippen LogP contribution in [0.25, 0.3) is 10.2 Å². The first-order chi connectivity index (χ1) is 10.1. The van der Waals surface area contributed by atoms with Gasteiger partial charge >= 0.3 is 5.97 Å². The second-order valence-corrected chi connectivity index (χ2v) is 5.06. The molecular formula is C15H14N2O3S. The van der Waals surface area contributed by atoms with E-state index in [4.69, 9.17) is 15.6 Å². The molecule has 0 unspecified atom stereocenters. The van der Waals surface area contributed by atoms with E-state index in [2.05, 4.69) is 4.98 Å². The summed E-state index contributed by atoms with van der Waals surface area (Å²) in [5.74, 6) is -0.228. The van der Waals surface area contributed by atoms with Gasteiger partial charge in [-0.1, -0.05) is 24.3 Å². The van der Waals surface area contributed by atoms with Gasteiger partial charge in [0.05, 0.1) is 23.0 Å². The quantitative estimate of drug-likeness (QED) is 0.710. The van der Waals surface area contributed by atoms with Crippen LogP contribution in [0.3, 0.4) is 0 Å². The first-order valence-electron chi connectivity index (χ1n) is 6.09. The highest BCUT2D eigenvalue weighted by Crippen LogP contribution is 2.21. The molecule has 0 saturated carbocycles. The van der Waals surface area contributed by atoms with Crippen molar-refractivity contribution < 1.29 is 14.6 Å². The van der Waals surface area contributed by atoms with Gasteiger partial charge < -0.3 is 15.6 Å². The maximum absolute atomic E-state index is 10.5. The fourth-order valence-corrected chi connectivity index (χ4v) is 2.43. The van der Waals surface area contributed by atoms with E-state index >= 15 is 0 Å². The Balaban J connectivity index is 0.000000161. The maximum atomic E-state index is 10.5. The fourth-order valence-electron chi connectivity index (χ4n) is 1.63. The van der Waals surface area contributed by atoms with Crippen LogP contribution in [0.1, 0.15) is 9.80 Å². The van der Waals surface area contributed by atoms with E-state index in [9.17, 15) is 4.79 Å². The van der Waals surface area contributed by atoms with Crippen molar-refractivity contribution in [3.05, 3.63) is 53.5 Å². The summed E-state index contributed by atoms with van der Waals surface area (Å²) in [5.41, 5.74) is 6.94. The number of ether oxygens (including phenoxy) is 1. The number of benzene rings is 2. The van der Waals surface area contributed by atoms with Crippen LogP contribution in [0.15, 0.2) is 48.5 Å². The van der Waals surface area contributed by atoms with Gasteiger partial charge in [-0.15, -0.1) is 11.3 Å². The number of hydrogen-bond acceptors (Lipinski definition) is 5. The van der Waals surface area contributed by atoms with Crippen LogP contribution in [0, 0.1) is 0 Å². The van der Waals surface area contributed by atoms with Gasteiger partial charge in [-0.05, 0) is 24.3 Å². The molecular weight excluding hydrogens is 288 g/mol. The molecule has 0 bridgehead atoms. The van der Waals surface area contributed by atoms with Crippen molar-refractivity contribution >= 4 is 33.2 Å². The summed E-state index contributed by atoms with van der Waals surface area (Å²) in [5, 5.41) is 8.78. The van der Waals surface area contributed by atoms with Gasteiger partial charge in [-0.25, -0.2) is 9.78 Å². The SMILES string of the molecule is COc1ccccc1N.O=C(O)c1nc2ccccc2s1. The molecule has 1 heterocycles. The van der Waals surface area contributed by atoms with Gasteiger partial charge in [0.15, 0.2) is 0 Å². The summed E-state index contributed by atoms with van der Waals surface area (Å²) in [6, 6.07) is 14.8. The number of para-hydroxylation sites is 3. The molecule has 6 heteroatoms. The number of nitrogen functional groups attached to an aromatic ring is 1. The zero-order valence-electron chi connectivity index (χ0n) is 11.3. The molecule has 108 valence electrons. The highest BCUT2D eigenvalue weighted by Gasteiger charge is 2.08. The molecule has 0 aliphatic rings. The second kappa shape index (κ2) is 6.71. The Kier molecular flexibility index (Phi) is 4.73. The van der Waals surface area contributed by atoms with E-state index in [0.717, 1.165) is 16.0 Å². The van der Waals surface area contributed by atoms with E-state index < -0.39 is 5.97 Å². The summed E-state index contributed by atoms with van der Waals surface area (Å²) in [6.45, 7) is 0. The maximum Gasteiger partial charge on any atom is 0.365 e. The van der Waals surface area contributed by atoms with Crippen molar-refractivity contribution in [3.8, 4) is 5.75 Å². The van der Waals surface area contributed by atoms with Gasteiger partial charge in [0.1, 0.15) is 5.75 Å². The van der Waals surface area contributed by atoms with Crippen LogP contribution in [-0.4, -0.2) is 23.2 Å². The number of carboxylic acids is 1. The number of rotatable bonds is 2. The molecule has 3 N–H and O–H groups in total. The topological polar surface area (TPSA) is 85.4 Å². The third kappa shape index (κ3) is 3.70. The number of methoxy groups -OCH3 is 1. The van der Waals surface area contributed by atoms with Crippen molar-refractivity contribution in [2.45, 2.75) is 0 Å². The van der Waals surface area contributed by atoms with Crippen LogP contribution in [-0.2, 0) is 0 Å². The second-order valence-electron chi connectivity index (χ2n) is 4.03. The molecule has 0 aliphatic heterocycles. The fraction of sp³-hybridized carbons (Fsp3) is 0.0667. The van der Waals surface area contributed by atoms with E-state index in [0.29, 0.717) is 5.69 Å². The van der Waals surface area contributed by atoms with Gasteiger partial charge in [0.25, 0.3) is 0 Å². The Hall–Kier alpha value is -2.60. The van der Waals surface area contributed by atoms with Gasteiger partial charge in [-0.3, -0.25) is 0 Å². The van der Waals surface area contributed by atoms with E-state index in [1.54, 1.807) is 19.2 Å². The number of nitrogens with zero attached hydrogens (tertiary/aromatic N) is 1. The van der Waals surface area contributed by atoms with Gasteiger partial charge in [-0.2, -0.15) is 0 Å². The number of carboxylic acid groups (broad SMARTS) is 1. The lowest BCUT2D eigenvalue weighted by molar-refractivity contribution is 0.0696. The lowest BCUT2D eigenvalue weighted by atomic mass is 10.3. The molecule has 0 amide bonds. The van der Waals surface area contributed by atoms with Crippen LogP contribution >= 0.6 is 11.3 Å². The van der Waals surface area contributed by atoms with E-state index in [1.165, 1.54) is 11.3 Å². The Labute approximate surface area is 125 Å². The molecule has 0 aliphatic carbocycles.